The molecule has 20 heavy (non-hydrogen) atoms. The lowest BCUT2D eigenvalue weighted by Gasteiger charge is -2.18. The maximum atomic E-state index is 12.2. The Morgan fingerprint density at radius 1 is 1.05 bits per heavy atom. The molecule has 0 atom stereocenters. The molecule has 0 saturated carbocycles. The number of ketones is 1. The van der Waals surface area contributed by atoms with Gasteiger partial charge in [0.2, 0.25) is 12.3 Å². The first-order chi connectivity index (χ1) is 9.33. The van der Waals surface area contributed by atoms with E-state index < -0.39 is 0 Å². The van der Waals surface area contributed by atoms with Crippen LogP contribution in [0.4, 0.5) is 0 Å². The molecule has 0 saturated heterocycles. The van der Waals surface area contributed by atoms with Crippen LogP contribution in [0.5, 0.6) is 11.5 Å². The number of hydrogen-bond acceptors (Lipinski definition) is 3. The number of pyridine rings is 1. The fourth-order valence-corrected chi connectivity index (χ4v) is 2.01. The molecule has 2 heterocycles. The fourth-order valence-electron chi connectivity index (χ4n) is 2.01. The third-order valence-electron chi connectivity index (χ3n) is 2.97. The Hall–Kier alpha value is -1.88. The summed E-state index contributed by atoms with van der Waals surface area (Å²) in [5.74, 6) is 1.40. The van der Waals surface area contributed by atoms with Gasteiger partial charge in [-0.25, -0.2) is 0 Å². The summed E-state index contributed by atoms with van der Waals surface area (Å²) in [4.78, 5) is 12.2. The highest BCUT2D eigenvalue weighted by molar-refractivity contribution is 5.95. The minimum Gasteiger partial charge on any atom is -1.00 e. The molecule has 2 aromatic rings. The Labute approximate surface area is 127 Å². The van der Waals surface area contributed by atoms with E-state index in [-0.39, 0.29) is 22.8 Å². The number of fused-ring (bicyclic) bond motifs is 1. The molecule has 1 aliphatic rings. The summed E-state index contributed by atoms with van der Waals surface area (Å²) in [7, 11) is 0. The van der Waals surface area contributed by atoms with E-state index in [1.807, 2.05) is 35.2 Å². The van der Waals surface area contributed by atoms with E-state index in [0.29, 0.717) is 36.8 Å². The van der Waals surface area contributed by atoms with Gasteiger partial charge in [0, 0.05) is 17.7 Å². The van der Waals surface area contributed by atoms with Crippen molar-refractivity contribution in [2.75, 3.05) is 13.2 Å². The summed E-state index contributed by atoms with van der Waals surface area (Å²) in [6, 6.07) is 11.0. The number of hydrogen-bond donors (Lipinski definition) is 0. The van der Waals surface area contributed by atoms with E-state index in [4.69, 9.17) is 9.47 Å². The third-order valence-corrected chi connectivity index (χ3v) is 2.97. The Morgan fingerprint density at radius 2 is 1.75 bits per heavy atom. The largest absolute Gasteiger partial charge is 1.00 e. The van der Waals surface area contributed by atoms with Gasteiger partial charge in [-0.2, -0.15) is 4.57 Å². The molecule has 0 amide bonds. The number of carbonyl (C=O) groups excluding carboxylic acids is 1. The lowest BCUT2D eigenvalue weighted by Crippen LogP contribution is -3.00. The predicted octanol–water partition coefficient (Wildman–Crippen LogP) is -1.37. The second-order valence-corrected chi connectivity index (χ2v) is 4.33. The zero-order valence-electron chi connectivity index (χ0n) is 10.8. The second kappa shape index (κ2) is 6.52. The highest BCUT2D eigenvalue weighted by Gasteiger charge is 2.17. The molecule has 1 aliphatic heterocycles. The van der Waals surface area contributed by atoms with Crippen molar-refractivity contribution in [3.8, 4) is 11.5 Å². The Bertz CT molecular complexity index is 601. The highest BCUT2D eigenvalue weighted by Crippen LogP contribution is 2.30. The summed E-state index contributed by atoms with van der Waals surface area (Å²) in [5, 5.41) is 0. The standard InChI is InChI=1S/C15H14NO3.BrH/c17-13(11-16-6-2-1-3-7-16)12-4-5-14-15(10-12)19-9-8-18-14;/h1-7,10H,8-9,11H2;1H/q+1;/p-1. The number of aromatic nitrogens is 1. The maximum absolute atomic E-state index is 12.2. The number of ether oxygens (including phenoxy) is 2. The first-order valence-electron chi connectivity index (χ1n) is 6.20. The number of carbonyl (C=O) groups is 1. The number of nitrogens with zero attached hydrogens (tertiary/aromatic N) is 1. The van der Waals surface area contributed by atoms with Gasteiger partial charge in [0.1, 0.15) is 13.2 Å². The van der Waals surface area contributed by atoms with Crippen molar-refractivity contribution >= 4 is 5.78 Å². The molecule has 4 nitrogen and oxygen atoms in total. The average molecular weight is 336 g/mol. The Morgan fingerprint density at radius 3 is 2.50 bits per heavy atom. The highest BCUT2D eigenvalue weighted by atomic mass is 79.9. The molecular weight excluding hydrogens is 322 g/mol. The van der Waals surface area contributed by atoms with Crippen LogP contribution in [0.3, 0.4) is 0 Å². The Kier molecular flexibility index (Phi) is 4.74. The molecule has 3 rings (SSSR count). The van der Waals surface area contributed by atoms with Crippen LogP contribution in [0, 0.1) is 0 Å². The van der Waals surface area contributed by atoms with Crippen LogP contribution in [-0.2, 0) is 6.54 Å². The summed E-state index contributed by atoms with van der Waals surface area (Å²) < 4.78 is 12.8. The van der Waals surface area contributed by atoms with Gasteiger partial charge in [0.25, 0.3) is 0 Å². The molecule has 104 valence electrons. The van der Waals surface area contributed by atoms with Gasteiger partial charge in [-0.15, -0.1) is 0 Å². The van der Waals surface area contributed by atoms with Crippen LogP contribution in [0.25, 0.3) is 0 Å². The fraction of sp³-hybridized carbons (Fsp3) is 0.200. The van der Waals surface area contributed by atoms with Crippen molar-refractivity contribution in [3.63, 3.8) is 0 Å². The zero-order chi connectivity index (χ0) is 13.1. The van der Waals surface area contributed by atoms with Gasteiger partial charge in [-0.1, -0.05) is 6.07 Å². The number of halogens is 1. The molecule has 0 spiro atoms. The number of benzene rings is 1. The molecule has 1 aromatic carbocycles. The van der Waals surface area contributed by atoms with E-state index in [1.54, 1.807) is 18.2 Å². The van der Waals surface area contributed by atoms with Crippen LogP contribution in [0.2, 0.25) is 0 Å². The van der Waals surface area contributed by atoms with Crippen LogP contribution < -0.4 is 31.0 Å². The van der Waals surface area contributed by atoms with E-state index in [1.165, 1.54) is 0 Å². The number of Topliss-reactive ketones (excluding diaryl/α,β-unsaturated/α-hetero) is 1. The van der Waals surface area contributed by atoms with Crippen molar-refractivity contribution < 1.29 is 35.8 Å². The average Bonchev–Trinajstić information content (AvgIpc) is 2.48. The van der Waals surface area contributed by atoms with Crippen LogP contribution in [0.15, 0.2) is 48.8 Å². The first-order valence-corrected chi connectivity index (χ1v) is 6.20. The molecule has 0 unspecified atom stereocenters. The number of rotatable bonds is 3. The third kappa shape index (κ3) is 3.17. The minimum absolute atomic E-state index is 0. The van der Waals surface area contributed by atoms with E-state index in [9.17, 15) is 4.79 Å². The molecule has 1 aromatic heterocycles. The first kappa shape index (κ1) is 14.5. The van der Waals surface area contributed by atoms with Crippen molar-refractivity contribution in [3.05, 3.63) is 54.4 Å². The summed E-state index contributed by atoms with van der Waals surface area (Å²) >= 11 is 0. The molecule has 0 radical (unpaired) electrons. The van der Waals surface area contributed by atoms with Gasteiger partial charge in [0.15, 0.2) is 23.9 Å². The zero-order valence-corrected chi connectivity index (χ0v) is 12.4. The molecule has 0 fully saturated rings. The molecule has 0 N–H and O–H groups in total. The van der Waals surface area contributed by atoms with Crippen LogP contribution in [0.1, 0.15) is 10.4 Å². The van der Waals surface area contributed by atoms with Gasteiger partial charge >= 0.3 is 0 Å². The Balaban J connectivity index is 0.00000147. The second-order valence-electron chi connectivity index (χ2n) is 4.33. The van der Waals surface area contributed by atoms with Crippen molar-refractivity contribution in [2.45, 2.75) is 6.54 Å². The lowest BCUT2D eigenvalue weighted by molar-refractivity contribution is -0.683. The topological polar surface area (TPSA) is 39.4 Å². The molecule has 0 bridgehead atoms. The van der Waals surface area contributed by atoms with Crippen LogP contribution in [-0.4, -0.2) is 19.0 Å². The molecule has 0 aliphatic carbocycles. The summed E-state index contributed by atoms with van der Waals surface area (Å²) in [6.07, 6.45) is 3.74. The van der Waals surface area contributed by atoms with Gasteiger partial charge < -0.3 is 26.5 Å². The van der Waals surface area contributed by atoms with E-state index in [2.05, 4.69) is 0 Å². The summed E-state index contributed by atoms with van der Waals surface area (Å²) in [5.41, 5.74) is 0.639. The van der Waals surface area contributed by atoms with Crippen molar-refractivity contribution in [1.29, 1.82) is 0 Å². The molecule has 5 heteroatoms. The lowest BCUT2D eigenvalue weighted by atomic mass is 10.1. The smallest absolute Gasteiger partial charge is 0.227 e. The molecular formula is C15H14BrNO3. The summed E-state index contributed by atoms with van der Waals surface area (Å²) in [6.45, 7) is 1.40. The monoisotopic (exact) mass is 335 g/mol. The van der Waals surface area contributed by atoms with Crippen LogP contribution >= 0.6 is 0 Å². The minimum atomic E-state index is 0. The van der Waals surface area contributed by atoms with Crippen molar-refractivity contribution in [1.82, 2.24) is 0 Å². The van der Waals surface area contributed by atoms with E-state index >= 15 is 0 Å². The quantitative estimate of drug-likeness (QED) is 0.513. The van der Waals surface area contributed by atoms with Gasteiger partial charge in [-0.3, -0.25) is 4.79 Å². The maximum Gasteiger partial charge on any atom is 0.227 e. The normalized spacial score (nSPS) is 12.4. The predicted molar refractivity (Wildman–Crippen MR) is 68.4 cm³/mol. The SMILES string of the molecule is O=C(C[n+]1ccccc1)c1ccc2c(c1)OCCO2.[Br-]. The van der Waals surface area contributed by atoms with Gasteiger partial charge in [-0.05, 0) is 18.2 Å². The van der Waals surface area contributed by atoms with Gasteiger partial charge in [0.05, 0.1) is 0 Å². The van der Waals surface area contributed by atoms with Crippen molar-refractivity contribution in [2.24, 2.45) is 0 Å². The van der Waals surface area contributed by atoms with E-state index in [0.717, 1.165) is 0 Å².